The summed E-state index contributed by atoms with van der Waals surface area (Å²) >= 11 is 0. The molecule has 4 nitrogen and oxygen atoms in total. The number of pyridine rings is 1. The maximum atomic E-state index is 8.82. The van der Waals surface area contributed by atoms with Crippen molar-refractivity contribution in [3.05, 3.63) is 30.6 Å². The van der Waals surface area contributed by atoms with Gasteiger partial charge < -0.3 is 16.2 Å². The van der Waals surface area contributed by atoms with Crippen LogP contribution in [0, 0.1) is 0 Å². The molecule has 0 radical (unpaired) electrons. The van der Waals surface area contributed by atoms with Gasteiger partial charge in [0.25, 0.3) is 0 Å². The normalized spacial score (nSPS) is 12.6. The zero-order valence-electron chi connectivity index (χ0n) is 10.6. The summed E-state index contributed by atoms with van der Waals surface area (Å²) in [7, 11) is 0. The number of hydrogen-bond acceptors (Lipinski definition) is 4. The number of rotatable bonds is 5. The first-order valence-corrected chi connectivity index (χ1v) is 6.22. The smallest absolute Gasteiger partial charge is 0.0630 e. The Morgan fingerprint density at radius 1 is 1.39 bits per heavy atom. The zero-order chi connectivity index (χ0) is 13.0. The lowest BCUT2D eigenvalue weighted by molar-refractivity contribution is 0.282. The number of fused-ring (bicyclic) bond motifs is 1. The van der Waals surface area contributed by atoms with Gasteiger partial charge in [0.1, 0.15) is 0 Å². The molecule has 2 aromatic rings. The lowest BCUT2D eigenvalue weighted by Gasteiger charge is -2.17. The minimum atomic E-state index is 0.227. The first kappa shape index (κ1) is 12.6. The van der Waals surface area contributed by atoms with Crippen molar-refractivity contribution in [3.63, 3.8) is 0 Å². The Hall–Kier alpha value is -1.81. The number of hydrogen-bond donors (Lipinski definition) is 3. The highest BCUT2D eigenvalue weighted by molar-refractivity contribution is 5.98. The molecule has 1 heterocycles. The number of aromatic nitrogens is 1. The largest absolute Gasteiger partial charge is 0.397 e. The molecule has 0 aliphatic carbocycles. The average Bonchev–Trinajstić information content (AvgIpc) is 2.40. The van der Waals surface area contributed by atoms with Crippen LogP contribution in [0.2, 0.25) is 0 Å². The molecule has 0 saturated heterocycles. The van der Waals surface area contributed by atoms with Gasteiger partial charge in [-0.25, -0.2) is 0 Å². The Morgan fingerprint density at radius 3 is 3.00 bits per heavy atom. The van der Waals surface area contributed by atoms with Gasteiger partial charge in [0, 0.05) is 35.8 Å². The van der Waals surface area contributed by atoms with Gasteiger partial charge in [0.15, 0.2) is 0 Å². The monoisotopic (exact) mass is 245 g/mol. The summed E-state index contributed by atoms with van der Waals surface area (Å²) in [4.78, 5) is 4.08. The van der Waals surface area contributed by atoms with Crippen molar-refractivity contribution < 1.29 is 5.11 Å². The molecule has 0 bridgehead atoms. The molecule has 0 aliphatic heterocycles. The molecule has 18 heavy (non-hydrogen) atoms. The van der Waals surface area contributed by atoms with E-state index in [1.54, 1.807) is 6.20 Å². The van der Waals surface area contributed by atoms with E-state index in [4.69, 9.17) is 10.8 Å². The van der Waals surface area contributed by atoms with Crippen molar-refractivity contribution in [1.29, 1.82) is 0 Å². The molecular weight excluding hydrogens is 226 g/mol. The molecule has 2 rings (SSSR count). The van der Waals surface area contributed by atoms with Crippen molar-refractivity contribution in [2.75, 3.05) is 17.7 Å². The topological polar surface area (TPSA) is 71.2 Å². The van der Waals surface area contributed by atoms with Crippen LogP contribution in [0.15, 0.2) is 30.6 Å². The number of benzene rings is 1. The predicted molar refractivity (Wildman–Crippen MR) is 75.6 cm³/mol. The minimum Gasteiger partial charge on any atom is -0.397 e. The van der Waals surface area contributed by atoms with E-state index in [9.17, 15) is 0 Å². The molecule has 4 N–H and O–H groups in total. The SMILES string of the molecule is CC(CCCO)Nc1ccc2cnccc2c1N. The average molecular weight is 245 g/mol. The fourth-order valence-corrected chi connectivity index (χ4v) is 2.05. The fourth-order valence-electron chi connectivity index (χ4n) is 2.05. The van der Waals surface area contributed by atoms with Crippen LogP contribution in [0.1, 0.15) is 19.8 Å². The molecule has 0 spiro atoms. The van der Waals surface area contributed by atoms with Gasteiger partial charge in [-0.15, -0.1) is 0 Å². The van der Waals surface area contributed by atoms with E-state index in [0.29, 0.717) is 6.04 Å². The lowest BCUT2D eigenvalue weighted by atomic mass is 10.1. The van der Waals surface area contributed by atoms with Gasteiger partial charge in [-0.3, -0.25) is 4.98 Å². The van der Waals surface area contributed by atoms with E-state index < -0.39 is 0 Å². The summed E-state index contributed by atoms with van der Waals surface area (Å²) in [5.41, 5.74) is 7.86. The predicted octanol–water partition coefficient (Wildman–Crippen LogP) is 2.39. The van der Waals surface area contributed by atoms with Gasteiger partial charge in [0.05, 0.1) is 11.4 Å². The van der Waals surface area contributed by atoms with Crippen LogP contribution >= 0.6 is 0 Å². The standard InChI is InChI=1S/C14H19N3O/c1-10(3-2-8-18)17-13-5-4-11-9-16-7-6-12(11)14(13)15/h4-7,9-10,17-18H,2-3,8,15H2,1H3. The van der Waals surface area contributed by atoms with E-state index in [2.05, 4.69) is 17.2 Å². The second-order valence-corrected chi connectivity index (χ2v) is 4.53. The summed E-state index contributed by atoms with van der Waals surface area (Å²) in [6.07, 6.45) is 5.28. The van der Waals surface area contributed by atoms with Crippen LogP contribution in [-0.4, -0.2) is 22.7 Å². The van der Waals surface area contributed by atoms with Gasteiger partial charge in [-0.05, 0) is 31.9 Å². The molecule has 0 aliphatic rings. The summed E-state index contributed by atoms with van der Waals surface area (Å²) in [5.74, 6) is 0. The van der Waals surface area contributed by atoms with E-state index in [-0.39, 0.29) is 6.61 Å². The summed E-state index contributed by atoms with van der Waals surface area (Å²) < 4.78 is 0. The van der Waals surface area contributed by atoms with Gasteiger partial charge in [0.2, 0.25) is 0 Å². The van der Waals surface area contributed by atoms with Crippen LogP contribution in [0.25, 0.3) is 10.8 Å². The lowest BCUT2D eigenvalue weighted by Crippen LogP contribution is -2.16. The molecule has 1 aromatic carbocycles. The maximum absolute atomic E-state index is 8.82. The van der Waals surface area contributed by atoms with Gasteiger partial charge in [-0.1, -0.05) is 6.07 Å². The molecule has 0 saturated carbocycles. The number of anilines is 2. The van der Waals surface area contributed by atoms with Crippen LogP contribution < -0.4 is 11.1 Å². The summed E-state index contributed by atoms with van der Waals surface area (Å²) in [6, 6.07) is 6.21. The van der Waals surface area contributed by atoms with Crippen molar-refractivity contribution in [1.82, 2.24) is 4.98 Å². The van der Waals surface area contributed by atoms with Crippen LogP contribution in [0.5, 0.6) is 0 Å². The molecule has 0 amide bonds. The van der Waals surface area contributed by atoms with Crippen LogP contribution in [0.4, 0.5) is 11.4 Å². The Labute approximate surface area is 107 Å². The molecule has 4 heteroatoms. The van der Waals surface area contributed by atoms with Crippen LogP contribution in [-0.2, 0) is 0 Å². The summed E-state index contributed by atoms with van der Waals surface area (Å²) in [6.45, 7) is 2.32. The number of aliphatic hydroxyl groups excluding tert-OH is 1. The second-order valence-electron chi connectivity index (χ2n) is 4.53. The van der Waals surface area contributed by atoms with E-state index in [1.165, 1.54) is 0 Å². The molecular formula is C14H19N3O. The minimum absolute atomic E-state index is 0.227. The molecule has 1 unspecified atom stereocenters. The van der Waals surface area contributed by atoms with Gasteiger partial charge >= 0.3 is 0 Å². The van der Waals surface area contributed by atoms with E-state index >= 15 is 0 Å². The third kappa shape index (κ3) is 2.71. The van der Waals surface area contributed by atoms with Crippen molar-refractivity contribution >= 4 is 22.1 Å². The van der Waals surface area contributed by atoms with E-state index in [0.717, 1.165) is 35.0 Å². The number of nitrogens with two attached hydrogens (primary N) is 1. The first-order valence-electron chi connectivity index (χ1n) is 6.22. The first-order chi connectivity index (χ1) is 8.72. The number of nitrogens with one attached hydrogen (secondary N) is 1. The number of aliphatic hydroxyl groups is 1. The Balaban J connectivity index is 2.21. The third-order valence-corrected chi connectivity index (χ3v) is 3.06. The van der Waals surface area contributed by atoms with E-state index in [1.807, 2.05) is 24.4 Å². The highest BCUT2D eigenvalue weighted by Gasteiger charge is 2.07. The van der Waals surface area contributed by atoms with Crippen molar-refractivity contribution in [2.45, 2.75) is 25.8 Å². The van der Waals surface area contributed by atoms with Crippen LogP contribution in [0.3, 0.4) is 0 Å². The second kappa shape index (κ2) is 5.69. The molecule has 96 valence electrons. The molecule has 0 fully saturated rings. The number of nitrogens with zero attached hydrogens (tertiary/aromatic N) is 1. The third-order valence-electron chi connectivity index (χ3n) is 3.06. The molecule has 1 atom stereocenters. The fraction of sp³-hybridized carbons (Fsp3) is 0.357. The Kier molecular flexibility index (Phi) is 3.99. The Bertz CT molecular complexity index is 527. The zero-order valence-corrected chi connectivity index (χ0v) is 10.6. The Morgan fingerprint density at radius 2 is 2.22 bits per heavy atom. The molecule has 1 aromatic heterocycles. The maximum Gasteiger partial charge on any atom is 0.0630 e. The number of nitrogen functional groups attached to an aromatic ring is 1. The van der Waals surface area contributed by atoms with Crippen molar-refractivity contribution in [2.24, 2.45) is 0 Å². The highest BCUT2D eigenvalue weighted by atomic mass is 16.2. The van der Waals surface area contributed by atoms with Crippen molar-refractivity contribution in [3.8, 4) is 0 Å². The van der Waals surface area contributed by atoms with Gasteiger partial charge in [-0.2, -0.15) is 0 Å². The highest BCUT2D eigenvalue weighted by Crippen LogP contribution is 2.28. The summed E-state index contributed by atoms with van der Waals surface area (Å²) in [5, 5.41) is 14.3. The quantitative estimate of drug-likeness (QED) is 0.707.